The number of thiophene rings is 1. The molecule has 1 aromatic heterocycles. The molecule has 3 rings (SSSR count). The van der Waals surface area contributed by atoms with E-state index in [2.05, 4.69) is 6.07 Å². The van der Waals surface area contributed by atoms with Crippen molar-refractivity contribution in [2.75, 3.05) is 7.05 Å². The monoisotopic (exact) mass is 305 g/mol. The van der Waals surface area contributed by atoms with E-state index in [9.17, 15) is 9.59 Å². The van der Waals surface area contributed by atoms with E-state index < -0.39 is 0 Å². The van der Waals surface area contributed by atoms with Crippen molar-refractivity contribution in [2.45, 2.75) is 63.8 Å². The van der Waals surface area contributed by atoms with Crippen LogP contribution in [-0.4, -0.2) is 29.7 Å². The maximum Gasteiger partial charge on any atom is 0.263 e. The standard InChI is InChI=1S/C17H23NO2S/c1-18(13-7-9-14(19)10-8-13)17(20)16-11-12-5-3-2-4-6-15(12)21-16/h11,13H,2-10H2,1H3. The minimum atomic E-state index is 0.146. The maximum atomic E-state index is 12.7. The molecule has 1 aromatic rings. The first-order valence-corrected chi connectivity index (χ1v) is 8.87. The third-order valence-corrected chi connectivity index (χ3v) is 6.06. The lowest BCUT2D eigenvalue weighted by Gasteiger charge is -2.30. The highest BCUT2D eigenvalue weighted by Crippen LogP contribution is 2.30. The average Bonchev–Trinajstić information content (AvgIpc) is 2.77. The van der Waals surface area contributed by atoms with Crippen LogP contribution < -0.4 is 0 Å². The van der Waals surface area contributed by atoms with Crippen LogP contribution in [0.25, 0.3) is 0 Å². The predicted octanol–water partition coefficient (Wildman–Crippen LogP) is 3.60. The van der Waals surface area contributed by atoms with Crippen LogP contribution in [0.1, 0.15) is 65.1 Å². The summed E-state index contributed by atoms with van der Waals surface area (Å²) in [5.41, 5.74) is 1.40. The summed E-state index contributed by atoms with van der Waals surface area (Å²) in [4.78, 5) is 28.2. The molecular formula is C17H23NO2S. The third-order valence-electron chi connectivity index (χ3n) is 4.84. The van der Waals surface area contributed by atoms with E-state index in [0.717, 1.165) is 30.6 Å². The molecule has 0 aromatic carbocycles. The van der Waals surface area contributed by atoms with E-state index in [1.807, 2.05) is 11.9 Å². The summed E-state index contributed by atoms with van der Waals surface area (Å²) >= 11 is 1.69. The zero-order valence-electron chi connectivity index (χ0n) is 12.7. The van der Waals surface area contributed by atoms with Crippen molar-refractivity contribution in [1.29, 1.82) is 0 Å². The third kappa shape index (κ3) is 3.20. The van der Waals surface area contributed by atoms with Crippen molar-refractivity contribution in [3.05, 3.63) is 21.4 Å². The van der Waals surface area contributed by atoms with Crippen molar-refractivity contribution < 1.29 is 9.59 Å². The molecule has 1 fully saturated rings. The van der Waals surface area contributed by atoms with Gasteiger partial charge in [-0.1, -0.05) is 6.42 Å². The van der Waals surface area contributed by atoms with Gasteiger partial charge in [-0.05, 0) is 50.2 Å². The molecule has 0 bridgehead atoms. The van der Waals surface area contributed by atoms with Gasteiger partial charge in [-0.2, -0.15) is 0 Å². The minimum Gasteiger partial charge on any atom is -0.338 e. The highest BCUT2D eigenvalue weighted by molar-refractivity contribution is 7.14. The molecule has 0 radical (unpaired) electrons. The molecule has 1 heterocycles. The molecule has 0 saturated heterocycles. The number of carbonyl (C=O) groups is 2. The number of Topliss-reactive ketones (excluding diaryl/α,β-unsaturated/α-hetero) is 1. The SMILES string of the molecule is CN(C(=O)c1cc2c(s1)CCCCC2)C1CCC(=O)CC1. The van der Waals surface area contributed by atoms with Crippen LogP contribution in [0.15, 0.2) is 6.07 Å². The summed E-state index contributed by atoms with van der Waals surface area (Å²) in [6.07, 6.45) is 8.97. The maximum absolute atomic E-state index is 12.7. The normalized spacial score (nSPS) is 20.0. The Labute approximate surface area is 130 Å². The molecule has 1 saturated carbocycles. The number of hydrogen-bond donors (Lipinski definition) is 0. The fourth-order valence-electron chi connectivity index (χ4n) is 3.42. The van der Waals surface area contributed by atoms with E-state index in [1.54, 1.807) is 11.3 Å². The molecule has 0 N–H and O–H groups in total. The Bertz CT molecular complexity index is 515. The van der Waals surface area contributed by atoms with Crippen LogP contribution in [0.4, 0.5) is 0 Å². The minimum absolute atomic E-state index is 0.146. The predicted molar refractivity (Wildman–Crippen MR) is 84.9 cm³/mol. The summed E-state index contributed by atoms with van der Waals surface area (Å²) in [5, 5.41) is 0. The van der Waals surface area contributed by atoms with Gasteiger partial charge in [0.15, 0.2) is 0 Å². The Kier molecular flexibility index (Phi) is 4.43. The quantitative estimate of drug-likeness (QED) is 0.783. The molecule has 4 heteroatoms. The second-order valence-corrected chi connectivity index (χ2v) is 7.44. The summed E-state index contributed by atoms with van der Waals surface area (Å²) in [7, 11) is 1.90. The van der Waals surface area contributed by atoms with Gasteiger partial charge in [-0.25, -0.2) is 0 Å². The Hall–Kier alpha value is -1.16. The molecule has 21 heavy (non-hydrogen) atoms. The average molecular weight is 305 g/mol. The van der Waals surface area contributed by atoms with Crippen LogP contribution in [0, 0.1) is 0 Å². The van der Waals surface area contributed by atoms with Crippen molar-refractivity contribution >= 4 is 23.0 Å². The van der Waals surface area contributed by atoms with E-state index in [-0.39, 0.29) is 11.9 Å². The van der Waals surface area contributed by atoms with Crippen molar-refractivity contribution in [1.82, 2.24) is 4.90 Å². The van der Waals surface area contributed by atoms with Crippen LogP contribution in [-0.2, 0) is 17.6 Å². The first-order chi connectivity index (χ1) is 10.1. The number of fused-ring (bicyclic) bond motifs is 1. The fourth-order valence-corrected chi connectivity index (χ4v) is 4.66. The molecule has 114 valence electrons. The molecule has 0 aliphatic heterocycles. The molecule has 3 nitrogen and oxygen atoms in total. The zero-order valence-corrected chi connectivity index (χ0v) is 13.5. The highest BCUT2D eigenvalue weighted by atomic mass is 32.1. The van der Waals surface area contributed by atoms with Crippen LogP contribution in [0.3, 0.4) is 0 Å². The summed E-state index contributed by atoms with van der Waals surface area (Å²) in [5.74, 6) is 0.488. The number of amides is 1. The second-order valence-electron chi connectivity index (χ2n) is 6.31. The van der Waals surface area contributed by atoms with Gasteiger partial charge < -0.3 is 4.90 Å². The van der Waals surface area contributed by atoms with Crippen molar-refractivity contribution in [3.63, 3.8) is 0 Å². The Morgan fingerprint density at radius 1 is 1.14 bits per heavy atom. The van der Waals surface area contributed by atoms with Gasteiger partial charge in [0.05, 0.1) is 4.88 Å². The number of nitrogens with zero attached hydrogens (tertiary/aromatic N) is 1. The van der Waals surface area contributed by atoms with Crippen molar-refractivity contribution in [2.24, 2.45) is 0 Å². The van der Waals surface area contributed by atoms with Crippen LogP contribution in [0.5, 0.6) is 0 Å². The van der Waals surface area contributed by atoms with Crippen molar-refractivity contribution in [3.8, 4) is 0 Å². The molecule has 0 atom stereocenters. The van der Waals surface area contributed by atoms with Gasteiger partial charge in [-0.15, -0.1) is 11.3 Å². The van der Waals surface area contributed by atoms with E-state index in [0.29, 0.717) is 18.6 Å². The Morgan fingerprint density at radius 3 is 2.62 bits per heavy atom. The van der Waals surface area contributed by atoms with E-state index in [4.69, 9.17) is 0 Å². The molecule has 0 unspecified atom stereocenters. The van der Waals surface area contributed by atoms with Gasteiger partial charge in [0.25, 0.3) is 5.91 Å². The number of aryl methyl sites for hydroxylation is 2. The largest absolute Gasteiger partial charge is 0.338 e. The second kappa shape index (κ2) is 6.30. The number of hydrogen-bond acceptors (Lipinski definition) is 3. The topological polar surface area (TPSA) is 37.4 Å². The van der Waals surface area contributed by atoms with Gasteiger partial charge in [0.2, 0.25) is 0 Å². The zero-order chi connectivity index (χ0) is 14.8. The Morgan fingerprint density at radius 2 is 1.86 bits per heavy atom. The van der Waals surface area contributed by atoms with Gasteiger partial charge in [0, 0.05) is 30.8 Å². The first kappa shape index (κ1) is 14.8. The highest BCUT2D eigenvalue weighted by Gasteiger charge is 2.27. The molecule has 2 aliphatic rings. The lowest BCUT2D eigenvalue weighted by atomic mass is 9.93. The molecule has 1 amide bonds. The first-order valence-electron chi connectivity index (χ1n) is 8.05. The Balaban J connectivity index is 1.71. The van der Waals surface area contributed by atoms with Gasteiger partial charge in [-0.3, -0.25) is 9.59 Å². The van der Waals surface area contributed by atoms with E-state index >= 15 is 0 Å². The summed E-state index contributed by atoms with van der Waals surface area (Å²) in [6.45, 7) is 0. The smallest absolute Gasteiger partial charge is 0.263 e. The molecule has 0 spiro atoms. The number of carbonyl (C=O) groups excluding carboxylic acids is 2. The molecular weight excluding hydrogens is 282 g/mol. The molecule has 2 aliphatic carbocycles. The van der Waals surface area contributed by atoms with Crippen LogP contribution in [0.2, 0.25) is 0 Å². The number of ketones is 1. The lowest BCUT2D eigenvalue weighted by Crippen LogP contribution is -2.39. The summed E-state index contributed by atoms with van der Waals surface area (Å²) in [6, 6.07) is 2.36. The fraction of sp³-hybridized carbons (Fsp3) is 0.647. The number of rotatable bonds is 2. The summed E-state index contributed by atoms with van der Waals surface area (Å²) < 4.78 is 0. The van der Waals surface area contributed by atoms with Gasteiger partial charge in [0.1, 0.15) is 5.78 Å². The van der Waals surface area contributed by atoms with Crippen LogP contribution >= 0.6 is 11.3 Å². The van der Waals surface area contributed by atoms with E-state index in [1.165, 1.54) is 29.7 Å². The lowest BCUT2D eigenvalue weighted by molar-refractivity contribution is -0.121. The van der Waals surface area contributed by atoms with Gasteiger partial charge >= 0.3 is 0 Å².